The van der Waals surface area contributed by atoms with Crippen molar-refractivity contribution in [1.82, 2.24) is 14.9 Å². The Balaban J connectivity index is 1.55. The summed E-state index contributed by atoms with van der Waals surface area (Å²) in [6, 6.07) is 10.0. The Morgan fingerprint density at radius 2 is 2.24 bits per heavy atom. The number of nitrogens with one attached hydrogen (secondary N) is 1. The summed E-state index contributed by atoms with van der Waals surface area (Å²) in [6.07, 6.45) is 4.06. The summed E-state index contributed by atoms with van der Waals surface area (Å²) in [5.74, 6) is 0.268. The monoisotopic (exact) mass is 361 g/mol. The zero-order valence-electron chi connectivity index (χ0n) is 14.1. The molecule has 1 aromatic carbocycles. The molecule has 0 saturated carbocycles. The Bertz CT molecular complexity index is 684. The number of amides is 1. The molecule has 1 aliphatic rings. The molecule has 1 aromatic heterocycles. The maximum Gasteiger partial charge on any atom is 0.230 e. The molecule has 6 nitrogen and oxygen atoms in total. The number of carbonyl (C=O) groups excluding carboxylic acids is 1. The average Bonchev–Trinajstić information content (AvgIpc) is 3.29. The van der Waals surface area contributed by atoms with Crippen LogP contribution in [0.1, 0.15) is 24.1 Å². The van der Waals surface area contributed by atoms with E-state index in [2.05, 4.69) is 10.3 Å². The predicted molar refractivity (Wildman–Crippen MR) is 96.4 cm³/mol. The quantitative estimate of drug-likeness (QED) is 0.702. The lowest BCUT2D eigenvalue weighted by molar-refractivity contribution is -0.119. The highest BCUT2D eigenvalue weighted by Crippen LogP contribution is 2.19. The zero-order valence-corrected chi connectivity index (χ0v) is 14.9. The second kappa shape index (κ2) is 9.03. The standard InChI is InChI=1S/C18H23N3O3S/c22-12-15-11-21(10-14-5-2-1-3-6-14)18(20-15)25-13-17(23)19-9-16-7-4-8-24-16/h1-3,5-6,11,16,22H,4,7-10,12-13H2,(H,19,23). The highest BCUT2D eigenvalue weighted by Gasteiger charge is 2.17. The van der Waals surface area contributed by atoms with E-state index < -0.39 is 0 Å². The summed E-state index contributed by atoms with van der Waals surface area (Å²) in [5, 5.41) is 13.0. The largest absolute Gasteiger partial charge is 0.390 e. The number of aliphatic hydroxyl groups excluding tert-OH is 1. The van der Waals surface area contributed by atoms with E-state index in [1.54, 1.807) is 0 Å². The van der Waals surface area contributed by atoms with Crippen LogP contribution in [0.4, 0.5) is 0 Å². The van der Waals surface area contributed by atoms with Crippen molar-refractivity contribution in [3.05, 3.63) is 47.8 Å². The number of hydrogen-bond donors (Lipinski definition) is 2. The van der Waals surface area contributed by atoms with E-state index in [-0.39, 0.29) is 18.6 Å². The minimum absolute atomic E-state index is 0.0275. The van der Waals surface area contributed by atoms with Crippen LogP contribution in [-0.4, -0.2) is 45.6 Å². The van der Waals surface area contributed by atoms with Crippen LogP contribution < -0.4 is 5.32 Å². The van der Waals surface area contributed by atoms with E-state index in [0.717, 1.165) is 30.2 Å². The first-order valence-corrected chi connectivity index (χ1v) is 9.45. The predicted octanol–water partition coefficient (Wildman–Crippen LogP) is 1.81. The van der Waals surface area contributed by atoms with Crippen LogP contribution >= 0.6 is 11.8 Å². The van der Waals surface area contributed by atoms with Gasteiger partial charge in [0.25, 0.3) is 0 Å². The number of thioether (sulfide) groups is 1. The fourth-order valence-corrected chi connectivity index (χ4v) is 3.58. The lowest BCUT2D eigenvalue weighted by atomic mass is 10.2. The molecular formula is C18H23N3O3S. The first kappa shape index (κ1) is 18.0. The summed E-state index contributed by atoms with van der Waals surface area (Å²) in [5.41, 5.74) is 1.76. The highest BCUT2D eigenvalue weighted by molar-refractivity contribution is 7.99. The van der Waals surface area contributed by atoms with Crippen molar-refractivity contribution in [2.75, 3.05) is 18.9 Å². The lowest BCUT2D eigenvalue weighted by Crippen LogP contribution is -2.32. The van der Waals surface area contributed by atoms with Crippen molar-refractivity contribution in [3.8, 4) is 0 Å². The van der Waals surface area contributed by atoms with Crippen molar-refractivity contribution >= 4 is 17.7 Å². The van der Waals surface area contributed by atoms with Crippen LogP contribution in [0.5, 0.6) is 0 Å². The Morgan fingerprint density at radius 3 is 2.96 bits per heavy atom. The number of carbonyl (C=O) groups is 1. The number of imidazole rings is 1. The van der Waals surface area contributed by atoms with Crippen molar-refractivity contribution in [1.29, 1.82) is 0 Å². The molecule has 0 bridgehead atoms. The smallest absolute Gasteiger partial charge is 0.230 e. The van der Waals surface area contributed by atoms with Gasteiger partial charge >= 0.3 is 0 Å². The second-order valence-electron chi connectivity index (χ2n) is 6.01. The molecule has 1 aliphatic heterocycles. The molecule has 2 heterocycles. The minimum Gasteiger partial charge on any atom is -0.390 e. The molecule has 7 heteroatoms. The van der Waals surface area contributed by atoms with Gasteiger partial charge in [0, 0.05) is 25.9 Å². The molecule has 1 unspecified atom stereocenters. The van der Waals surface area contributed by atoms with Crippen LogP contribution in [0.15, 0.2) is 41.7 Å². The molecule has 0 radical (unpaired) electrons. The number of aromatic nitrogens is 2. The third-order valence-electron chi connectivity index (χ3n) is 4.03. The van der Waals surface area contributed by atoms with E-state index in [9.17, 15) is 9.90 Å². The number of nitrogens with zero attached hydrogens (tertiary/aromatic N) is 2. The van der Waals surface area contributed by atoms with Gasteiger partial charge in [-0.05, 0) is 18.4 Å². The van der Waals surface area contributed by atoms with Crippen LogP contribution in [-0.2, 0) is 22.7 Å². The molecule has 2 N–H and O–H groups in total. The third-order valence-corrected chi connectivity index (χ3v) is 5.02. The normalized spacial score (nSPS) is 16.9. The summed E-state index contributed by atoms with van der Waals surface area (Å²) >= 11 is 1.38. The lowest BCUT2D eigenvalue weighted by Gasteiger charge is -2.11. The molecule has 25 heavy (non-hydrogen) atoms. The summed E-state index contributed by atoms with van der Waals surface area (Å²) in [4.78, 5) is 16.5. The number of aliphatic hydroxyl groups is 1. The Kier molecular flexibility index (Phi) is 6.49. The van der Waals surface area contributed by atoms with Crippen LogP contribution in [0.25, 0.3) is 0 Å². The van der Waals surface area contributed by atoms with Gasteiger partial charge in [-0.15, -0.1) is 0 Å². The molecule has 0 spiro atoms. The number of rotatable bonds is 8. The van der Waals surface area contributed by atoms with Gasteiger partial charge in [-0.3, -0.25) is 4.79 Å². The SMILES string of the molecule is O=C(CSc1nc(CO)cn1Cc1ccccc1)NCC1CCCO1. The molecule has 134 valence electrons. The topological polar surface area (TPSA) is 76.4 Å². The summed E-state index contributed by atoms with van der Waals surface area (Å²) in [6.45, 7) is 1.91. The molecule has 1 atom stereocenters. The highest BCUT2D eigenvalue weighted by atomic mass is 32.2. The van der Waals surface area contributed by atoms with Gasteiger partial charge in [0.05, 0.1) is 24.2 Å². The summed E-state index contributed by atoms with van der Waals surface area (Å²) in [7, 11) is 0. The molecule has 1 saturated heterocycles. The van der Waals surface area contributed by atoms with E-state index in [4.69, 9.17) is 4.74 Å². The van der Waals surface area contributed by atoms with Gasteiger partial charge in [-0.25, -0.2) is 4.98 Å². The fraction of sp³-hybridized carbons (Fsp3) is 0.444. The van der Waals surface area contributed by atoms with Gasteiger partial charge in [-0.1, -0.05) is 42.1 Å². The average molecular weight is 361 g/mol. The number of ether oxygens (including phenoxy) is 1. The molecular weight excluding hydrogens is 338 g/mol. The summed E-state index contributed by atoms with van der Waals surface area (Å²) < 4.78 is 7.47. The van der Waals surface area contributed by atoms with Crippen molar-refractivity contribution < 1.29 is 14.6 Å². The van der Waals surface area contributed by atoms with Crippen molar-refractivity contribution in [3.63, 3.8) is 0 Å². The molecule has 0 aliphatic carbocycles. The van der Waals surface area contributed by atoms with Crippen LogP contribution in [0, 0.1) is 0 Å². The van der Waals surface area contributed by atoms with E-state index >= 15 is 0 Å². The van der Waals surface area contributed by atoms with Gasteiger partial charge in [0.1, 0.15) is 0 Å². The van der Waals surface area contributed by atoms with E-state index in [1.165, 1.54) is 11.8 Å². The molecule has 1 fully saturated rings. The fourth-order valence-electron chi connectivity index (χ4n) is 2.75. The zero-order chi connectivity index (χ0) is 17.5. The van der Waals surface area contributed by atoms with Gasteiger partial charge < -0.3 is 19.7 Å². The maximum absolute atomic E-state index is 12.0. The molecule has 2 aromatic rings. The van der Waals surface area contributed by atoms with Gasteiger partial charge in [-0.2, -0.15) is 0 Å². The van der Waals surface area contributed by atoms with E-state index in [0.29, 0.717) is 24.5 Å². The number of benzene rings is 1. The Labute approximate surface area is 151 Å². The Hall–Kier alpha value is -1.83. The first-order valence-electron chi connectivity index (χ1n) is 8.46. The number of hydrogen-bond acceptors (Lipinski definition) is 5. The van der Waals surface area contributed by atoms with Crippen molar-refractivity contribution in [2.24, 2.45) is 0 Å². The second-order valence-corrected chi connectivity index (χ2v) is 6.96. The van der Waals surface area contributed by atoms with E-state index in [1.807, 2.05) is 41.1 Å². The maximum atomic E-state index is 12.0. The van der Waals surface area contributed by atoms with Gasteiger partial charge in [0.15, 0.2) is 5.16 Å². The first-order chi connectivity index (χ1) is 12.2. The third kappa shape index (κ3) is 5.32. The Morgan fingerprint density at radius 1 is 1.40 bits per heavy atom. The van der Waals surface area contributed by atoms with Crippen molar-refractivity contribution in [2.45, 2.75) is 37.3 Å². The minimum atomic E-state index is -0.111. The van der Waals surface area contributed by atoms with Gasteiger partial charge in [0.2, 0.25) is 5.91 Å². The van der Waals surface area contributed by atoms with Crippen LogP contribution in [0.2, 0.25) is 0 Å². The molecule has 1 amide bonds. The van der Waals surface area contributed by atoms with Crippen LogP contribution in [0.3, 0.4) is 0 Å². The molecule has 3 rings (SSSR count).